The SMILES string of the molecule is CC(CO)C(C)C(C(=O)O)C(C)C(CCO)C(C)C(C(=O)O)C(C)C(CCO)C(C)C(C)C(=O)O. The minimum Gasteiger partial charge on any atom is -0.481 e. The van der Waals surface area contributed by atoms with Crippen LogP contribution in [0.5, 0.6) is 0 Å². The highest BCUT2D eigenvalue weighted by atomic mass is 16.4. The smallest absolute Gasteiger partial charge is 0.307 e. The van der Waals surface area contributed by atoms with E-state index in [9.17, 15) is 45.0 Å². The third-order valence-electron chi connectivity index (χ3n) is 8.83. The molecule has 0 heterocycles. The molecular formula is C26H48O9. The first-order chi connectivity index (χ1) is 16.2. The maximum absolute atomic E-state index is 12.6. The molecule has 11 atom stereocenters. The molecule has 0 amide bonds. The van der Waals surface area contributed by atoms with Crippen molar-refractivity contribution in [3.63, 3.8) is 0 Å². The van der Waals surface area contributed by atoms with Crippen LogP contribution in [0.1, 0.15) is 61.3 Å². The third-order valence-corrected chi connectivity index (χ3v) is 8.83. The topological polar surface area (TPSA) is 173 Å². The third kappa shape index (κ3) is 8.72. The molecule has 206 valence electrons. The second-order valence-electron chi connectivity index (χ2n) is 10.7. The number of aliphatic hydroxyl groups excluding tert-OH is 3. The summed E-state index contributed by atoms with van der Waals surface area (Å²) in [6, 6.07) is 0. The van der Waals surface area contributed by atoms with Gasteiger partial charge in [0.1, 0.15) is 0 Å². The highest BCUT2D eigenvalue weighted by Crippen LogP contribution is 2.44. The van der Waals surface area contributed by atoms with Crippen molar-refractivity contribution < 1.29 is 45.0 Å². The van der Waals surface area contributed by atoms with Gasteiger partial charge in [-0.15, -0.1) is 0 Å². The summed E-state index contributed by atoms with van der Waals surface area (Å²) in [6.45, 7) is 11.5. The summed E-state index contributed by atoms with van der Waals surface area (Å²) in [7, 11) is 0. The number of carboxylic acid groups (broad SMARTS) is 3. The van der Waals surface area contributed by atoms with E-state index in [-0.39, 0.29) is 50.4 Å². The second kappa shape index (κ2) is 15.4. The van der Waals surface area contributed by atoms with E-state index in [0.717, 1.165) is 0 Å². The fourth-order valence-corrected chi connectivity index (χ4v) is 6.08. The van der Waals surface area contributed by atoms with E-state index in [0.29, 0.717) is 0 Å². The van der Waals surface area contributed by atoms with Crippen molar-refractivity contribution >= 4 is 17.9 Å². The van der Waals surface area contributed by atoms with Crippen molar-refractivity contribution in [2.24, 2.45) is 65.1 Å². The molecule has 6 N–H and O–H groups in total. The summed E-state index contributed by atoms with van der Waals surface area (Å²) in [4.78, 5) is 36.4. The lowest BCUT2D eigenvalue weighted by Crippen LogP contribution is -2.44. The van der Waals surface area contributed by atoms with Gasteiger partial charge in [-0.3, -0.25) is 14.4 Å². The summed E-state index contributed by atoms with van der Waals surface area (Å²) >= 11 is 0. The molecule has 11 unspecified atom stereocenters. The standard InChI is InChI=1S/C26H48O9/c1-13(12-29)14(2)22(25(32)33)18(6)21(9-11-28)19(7)23(26(34)35)17(5)20(8-10-27)15(3)16(4)24(30)31/h13-23,27-29H,8-12H2,1-7H3,(H,30,31)(H,32,33)(H,34,35). The lowest BCUT2D eigenvalue weighted by molar-refractivity contribution is -0.151. The predicted molar refractivity (Wildman–Crippen MR) is 132 cm³/mol. The van der Waals surface area contributed by atoms with E-state index in [1.54, 1.807) is 48.5 Å². The quantitative estimate of drug-likeness (QED) is 0.164. The van der Waals surface area contributed by atoms with Crippen LogP contribution >= 0.6 is 0 Å². The van der Waals surface area contributed by atoms with Crippen molar-refractivity contribution in [1.29, 1.82) is 0 Å². The highest BCUT2D eigenvalue weighted by molar-refractivity contribution is 5.72. The lowest BCUT2D eigenvalue weighted by atomic mass is 9.62. The zero-order valence-electron chi connectivity index (χ0n) is 22.3. The summed E-state index contributed by atoms with van der Waals surface area (Å²) in [5.74, 6) is -8.99. The van der Waals surface area contributed by atoms with Gasteiger partial charge in [0.25, 0.3) is 0 Å². The Morgan fingerprint density at radius 1 is 0.543 bits per heavy atom. The molecule has 0 aliphatic heterocycles. The minimum atomic E-state index is -1.07. The van der Waals surface area contributed by atoms with Crippen molar-refractivity contribution in [3.8, 4) is 0 Å². The Morgan fingerprint density at radius 3 is 1.17 bits per heavy atom. The molecule has 0 spiro atoms. The first kappa shape index (κ1) is 33.3. The van der Waals surface area contributed by atoms with Gasteiger partial charge in [0.05, 0.1) is 17.8 Å². The number of hydrogen-bond donors (Lipinski definition) is 6. The molecule has 0 saturated heterocycles. The van der Waals surface area contributed by atoms with Crippen molar-refractivity contribution in [2.75, 3.05) is 19.8 Å². The average molecular weight is 505 g/mol. The Labute approximate surface area is 209 Å². The molecule has 0 aromatic rings. The Kier molecular flexibility index (Phi) is 14.7. The Bertz CT molecular complexity index is 667. The normalized spacial score (nSPS) is 21.4. The van der Waals surface area contributed by atoms with Crippen LogP contribution < -0.4 is 0 Å². The Hall–Kier alpha value is -1.71. The maximum Gasteiger partial charge on any atom is 0.307 e. The van der Waals surface area contributed by atoms with Gasteiger partial charge in [-0.2, -0.15) is 0 Å². The minimum absolute atomic E-state index is 0.171. The van der Waals surface area contributed by atoms with E-state index in [1.807, 2.05) is 0 Å². The lowest BCUT2D eigenvalue weighted by Gasteiger charge is -2.42. The number of carboxylic acids is 3. The van der Waals surface area contributed by atoms with Gasteiger partial charge in [0.15, 0.2) is 0 Å². The monoisotopic (exact) mass is 504 g/mol. The van der Waals surface area contributed by atoms with E-state index in [1.165, 1.54) is 0 Å². The van der Waals surface area contributed by atoms with Crippen LogP contribution in [-0.2, 0) is 14.4 Å². The van der Waals surface area contributed by atoms with Crippen molar-refractivity contribution in [3.05, 3.63) is 0 Å². The average Bonchev–Trinajstić information content (AvgIpc) is 2.78. The number of rotatable bonds is 18. The van der Waals surface area contributed by atoms with Gasteiger partial charge in [-0.05, 0) is 60.2 Å². The van der Waals surface area contributed by atoms with Crippen LogP contribution in [0, 0.1) is 65.1 Å². The Balaban J connectivity index is 6.33. The van der Waals surface area contributed by atoms with Gasteiger partial charge in [-0.1, -0.05) is 48.5 Å². The fourth-order valence-electron chi connectivity index (χ4n) is 6.08. The van der Waals surface area contributed by atoms with E-state index < -0.39 is 65.3 Å². The molecule has 0 fully saturated rings. The second-order valence-corrected chi connectivity index (χ2v) is 10.7. The molecule has 9 heteroatoms. The largest absolute Gasteiger partial charge is 0.481 e. The molecule has 35 heavy (non-hydrogen) atoms. The number of carbonyl (C=O) groups is 3. The maximum atomic E-state index is 12.6. The molecule has 0 aliphatic carbocycles. The van der Waals surface area contributed by atoms with E-state index in [4.69, 9.17) is 0 Å². The molecule has 0 rings (SSSR count). The van der Waals surface area contributed by atoms with E-state index >= 15 is 0 Å². The first-order valence-corrected chi connectivity index (χ1v) is 12.7. The van der Waals surface area contributed by atoms with E-state index in [2.05, 4.69) is 0 Å². The molecule has 0 aromatic carbocycles. The Morgan fingerprint density at radius 2 is 0.886 bits per heavy atom. The zero-order chi connectivity index (χ0) is 27.6. The molecule has 0 aromatic heterocycles. The van der Waals surface area contributed by atoms with Gasteiger partial charge in [0.2, 0.25) is 0 Å². The van der Waals surface area contributed by atoms with Crippen molar-refractivity contribution in [1.82, 2.24) is 0 Å². The van der Waals surface area contributed by atoms with Crippen LogP contribution in [-0.4, -0.2) is 68.4 Å². The zero-order valence-corrected chi connectivity index (χ0v) is 22.3. The summed E-state index contributed by atoms with van der Waals surface area (Å²) < 4.78 is 0. The fraction of sp³-hybridized carbons (Fsp3) is 0.885. The van der Waals surface area contributed by atoms with Crippen LogP contribution in [0.4, 0.5) is 0 Å². The number of aliphatic carboxylic acids is 3. The highest BCUT2D eigenvalue weighted by Gasteiger charge is 2.45. The van der Waals surface area contributed by atoms with Crippen molar-refractivity contribution in [2.45, 2.75) is 61.3 Å². The van der Waals surface area contributed by atoms with Crippen LogP contribution in [0.15, 0.2) is 0 Å². The number of hydrogen-bond acceptors (Lipinski definition) is 6. The van der Waals surface area contributed by atoms with Crippen LogP contribution in [0.25, 0.3) is 0 Å². The molecule has 9 nitrogen and oxygen atoms in total. The van der Waals surface area contributed by atoms with Gasteiger partial charge in [0, 0.05) is 19.8 Å². The van der Waals surface area contributed by atoms with Gasteiger partial charge >= 0.3 is 17.9 Å². The molecule has 0 aliphatic rings. The summed E-state index contributed by atoms with van der Waals surface area (Å²) in [5, 5.41) is 58.8. The predicted octanol–water partition coefficient (Wildman–Crippen LogP) is 2.91. The summed E-state index contributed by atoms with van der Waals surface area (Å²) in [5.41, 5.74) is 0. The molecule has 0 saturated carbocycles. The molecule has 0 bridgehead atoms. The number of aliphatic hydroxyl groups is 3. The van der Waals surface area contributed by atoms with Gasteiger partial charge in [-0.25, -0.2) is 0 Å². The first-order valence-electron chi connectivity index (χ1n) is 12.7. The molecule has 0 radical (unpaired) electrons. The van der Waals surface area contributed by atoms with Gasteiger partial charge < -0.3 is 30.6 Å². The summed E-state index contributed by atoms with van der Waals surface area (Å²) in [6.07, 6.45) is 0.466. The molecular weight excluding hydrogens is 456 g/mol. The van der Waals surface area contributed by atoms with Crippen LogP contribution in [0.3, 0.4) is 0 Å². The van der Waals surface area contributed by atoms with Crippen LogP contribution in [0.2, 0.25) is 0 Å².